The van der Waals surface area contributed by atoms with Gasteiger partial charge in [0.2, 0.25) is 0 Å². The Morgan fingerprint density at radius 3 is 2.58 bits per heavy atom. The number of carboxylic acid groups (broad SMARTS) is 1. The van der Waals surface area contributed by atoms with Gasteiger partial charge in [0.25, 0.3) is 0 Å². The Morgan fingerprint density at radius 1 is 1.29 bits per heavy atom. The Kier molecular flexibility index (Phi) is 6.28. The first-order valence-corrected chi connectivity index (χ1v) is 10.6. The van der Waals surface area contributed by atoms with E-state index in [1.54, 1.807) is 18.2 Å². The molecule has 2 aromatic rings. The van der Waals surface area contributed by atoms with E-state index in [1.165, 1.54) is 12.1 Å². The summed E-state index contributed by atoms with van der Waals surface area (Å²) >= 11 is 0. The number of anilines is 1. The van der Waals surface area contributed by atoms with Gasteiger partial charge in [-0.3, -0.25) is 0 Å². The van der Waals surface area contributed by atoms with Crippen molar-refractivity contribution in [3.63, 3.8) is 0 Å². The molecular formula is C24H32FN3O3. The molecule has 0 amide bonds. The normalized spacial score (nSPS) is 20.3. The van der Waals surface area contributed by atoms with Crippen LogP contribution in [0, 0.1) is 11.7 Å². The number of carbonyl (C=O) groups is 1. The minimum atomic E-state index is -1.04. The number of nitrogens with one attached hydrogen (secondary N) is 1. The molecule has 168 valence electrons. The second kappa shape index (κ2) is 8.46. The molecule has 0 radical (unpaired) electrons. The summed E-state index contributed by atoms with van der Waals surface area (Å²) in [5.74, 6) is -0.332. The van der Waals surface area contributed by atoms with Crippen molar-refractivity contribution in [3.8, 4) is 17.0 Å². The number of rotatable bonds is 7. The third-order valence-corrected chi connectivity index (χ3v) is 5.78. The van der Waals surface area contributed by atoms with Crippen LogP contribution in [0.1, 0.15) is 51.4 Å². The molecule has 0 aliphatic carbocycles. The molecule has 0 spiro atoms. The van der Waals surface area contributed by atoms with Crippen LogP contribution >= 0.6 is 0 Å². The van der Waals surface area contributed by atoms with Gasteiger partial charge in [0.1, 0.15) is 22.9 Å². The third kappa shape index (κ3) is 4.98. The van der Waals surface area contributed by atoms with Crippen LogP contribution < -0.4 is 15.0 Å². The molecule has 0 unspecified atom stereocenters. The zero-order valence-electron chi connectivity index (χ0n) is 19.1. The Labute approximate surface area is 183 Å². The quantitative estimate of drug-likeness (QED) is 0.671. The molecule has 0 bridgehead atoms. The van der Waals surface area contributed by atoms with Crippen LogP contribution in [-0.2, 0) is 0 Å². The number of ether oxygens (including phenoxy) is 1. The fraction of sp³-hybridized carbons (Fsp3) is 0.500. The lowest BCUT2D eigenvalue weighted by molar-refractivity contribution is 0.0697. The van der Waals surface area contributed by atoms with Crippen molar-refractivity contribution in [2.45, 2.75) is 52.1 Å². The smallest absolute Gasteiger partial charge is 0.339 e. The highest BCUT2D eigenvalue weighted by Gasteiger charge is 2.46. The van der Waals surface area contributed by atoms with Gasteiger partial charge in [0, 0.05) is 29.3 Å². The average molecular weight is 430 g/mol. The fourth-order valence-corrected chi connectivity index (χ4v) is 4.24. The van der Waals surface area contributed by atoms with Gasteiger partial charge in [0.15, 0.2) is 0 Å². The molecule has 2 heterocycles. The lowest BCUT2D eigenvalue weighted by atomic mass is 9.92. The highest BCUT2D eigenvalue weighted by molar-refractivity contribution is 5.94. The van der Waals surface area contributed by atoms with Crippen molar-refractivity contribution in [1.29, 1.82) is 0 Å². The van der Waals surface area contributed by atoms with Crippen LogP contribution in [0.3, 0.4) is 0 Å². The van der Waals surface area contributed by atoms with Crippen molar-refractivity contribution >= 4 is 11.8 Å². The van der Waals surface area contributed by atoms with E-state index in [1.807, 2.05) is 25.8 Å². The van der Waals surface area contributed by atoms with Gasteiger partial charge >= 0.3 is 5.97 Å². The Bertz CT molecular complexity index is 977. The van der Waals surface area contributed by atoms with Gasteiger partial charge in [-0.2, -0.15) is 0 Å². The first-order valence-electron chi connectivity index (χ1n) is 10.6. The van der Waals surface area contributed by atoms with E-state index < -0.39 is 11.8 Å². The molecule has 3 rings (SSSR count). The Morgan fingerprint density at radius 2 is 2.00 bits per heavy atom. The van der Waals surface area contributed by atoms with Crippen LogP contribution in [0.5, 0.6) is 5.75 Å². The molecule has 0 saturated carbocycles. The minimum Gasteiger partial charge on any atom is -0.493 e. The molecule has 1 atom stereocenters. The van der Waals surface area contributed by atoms with E-state index in [9.17, 15) is 14.3 Å². The van der Waals surface area contributed by atoms with E-state index in [0.29, 0.717) is 41.9 Å². The predicted octanol–water partition coefficient (Wildman–Crippen LogP) is 4.59. The summed E-state index contributed by atoms with van der Waals surface area (Å²) in [6.07, 6.45) is 0.828. The summed E-state index contributed by atoms with van der Waals surface area (Å²) in [6.45, 7) is 11.4. The highest BCUT2D eigenvalue weighted by atomic mass is 19.1. The first-order chi connectivity index (χ1) is 14.4. The number of halogens is 1. The van der Waals surface area contributed by atoms with Crippen molar-refractivity contribution in [3.05, 3.63) is 41.7 Å². The maximum absolute atomic E-state index is 14.3. The molecule has 7 heteroatoms. The van der Waals surface area contributed by atoms with E-state index >= 15 is 0 Å². The van der Waals surface area contributed by atoms with Gasteiger partial charge in [-0.05, 0) is 64.4 Å². The summed E-state index contributed by atoms with van der Waals surface area (Å²) in [5.41, 5.74) is 0.701. The summed E-state index contributed by atoms with van der Waals surface area (Å²) in [6, 6.07) is 7.64. The minimum absolute atomic E-state index is 0.130. The molecular weight excluding hydrogens is 397 g/mol. The highest BCUT2D eigenvalue weighted by Crippen LogP contribution is 2.40. The average Bonchev–Trinajstić information content (AvgIpc) is 2.94. The number of nitrogens with zero attached hydrogens (tertiary/aromatic N) is 2. The lowest BCUT2D eigenvalue weighted by Crippen LogP contribution is -2.43. The fourth-order valence-electron chi connectivity index (χ4n) is 4.24. The number of hydrogen-bond donors (Lipinski definition) is 2. The maximum atomic E-state index is 14.3. The van der Waals surface area contributed by atoms with E-state index in [4.69, 9.17) is 9.72 Å². The molecule has 1 saturated heterocycles. The maximum Gasteiger partial charge on any atom is 0.339 e. The van der Waals surface area contributed by atoms with Gasteiger partial charge in [0.05, 0.1) is 12.3 Å². The Hall–Kier alpha value is -2.67. The lowest BCUT2D eigenvalue weighted by Gasteiger charge is -2.33. The monoisotopic (exact) mass is 429 g/mol. The van der Waals surface area contributed by atoms with Gasteiger partial charge < -0.3 is 20.1 Å². The standard InChI is InChI=1S/C24H32FN3O3/c1-15(2)12-31-18-10-16(9-17(25)11-18)20-8-7-19(22(29)30)21(27-20)28-14-24(5,26-6)13-23(28,3)4/h7-11,15,26H,12-14H2,1-6H3,(H,29,30)/t24-/m1/s1. The largest absolute Gasteiger partial charge is 0.493 e. The second-order valence-electron chi connectivity index (χ2n) is 9.64. The molecule has 1 aliphatic rings. The van der Waals surface area contributed by atoms with E-state index in [2.05, 4.69) is 26.1 Å². The van der Waals surface area contributed by atoms with Crippen LogP contribution in [0.15, 0.2) is 30.3 Å². The van der Waals surface area contributed by atoms with E-state index in [0.717, 1.165) is 6.42 Å². The topological polar surface area (TPSA) is 74.7 Å². The molecule has 1 fully saturated rings. The van der Waals surface area contributed by atoms with E-state index in [-0.39, 0.29) is 16.6 Å². The van der Waals surface area contributed by atoms with Crippen molar-refractivity contribution in [2.75, 3.05) is 25.1 Å². The van der Waals surface area contributed by atoms with Crippen LogP contribution in [-0.4, -0.2) is 47.3 Å². The molecule has 1 aromatic carbocycles. The van der Waals surface area contributed by atoms with Gasteiger partial charge in [-0.15, -0.1) is 0 Å². The SMILES string of the molecule is CN[C@@]1(C)CN(c2nc(-c3cc(F)cc(OCC(C)C)c3)ccc2C(=O)O)C(C)(C)C1. The molecule has 2 N–H and O–H groups in total. The second-order valence-corrected chi connectivity index (χ2v) is 9.64. The van der Waals surface area contributed by atoms with Gasteiger partial charge in [-0.25, -0.2) is 14.2 Å². The molecule has 31 heavy (non-hydrogen) atoms. The van der Waals surface area contributed by atoms with Crippen molar-refractivity contribution in [1.82, 2.24) is 10.3 Å². The van der Waals surface area contributed by atoms with Crippen LogP contribution in [0.4, 0.5) is 10.2 Å². The number of pyridine rings is 1. The third-order valence-electron chi connectivity index (χ3n) is 5.78. The van der Waals surface area contributed by atoms with Crippen LogP contribution in [0.2, 0.25) is 0 Å². The molecule has 1 aliphatic heterocycles. The number of benzene rings is 1. The summed E-state index contributed by atoms with van der Waals surface area (Å²) in [4.78, 5) is 18.7. The Balaban J connectivity index is 2.07. The number of carboxylic acids is 1. The number of hydrogen-bond acceptors (Lipinski definition) is 5. The summed E-state index contributed by atoms with van der Waals surface area (Å²) in [7, 11) is 1.91. The predicted molar refractivity (Wildman–Crippen MR) is 120 cm³/mol. The zero-order chi connectivity index (χ0) is 23.0. The van der Waals surface area contributed by atoms with Crippen molar-refractivity contribution < 1.29 is 19.0 Å². The first kappa shape index (κ1) is 23.0. The molecule has 1 aromatic heterocycles. The molecule has 6 nitrogen and oxygen atoms in total. The summed E-state index contributed by atoms with van der Waals surface area (Å²) < 4.78 is 20.0. The van der Waals surface area contributed by atoms with Crippen molar-refractivity contribution in [2.24, 2.45) is 5.92 Å². The van der Waals surface area contributed by atoms with Crippen LogP contribution in [0.25, 0.3) is 11.3 Å². The van der Waals surface area contributed by atoms with Gasteiger partial charge in [-0.1, -0.05) is 13.8 Å². The number of aromatic nitrogens is 1. The summed E-state index contributed by atoms with van der Waals surface area (Å²) in [5, 5.41) is 13.1. The zero-order valence-corrected chi connectivity index (χ0v) is 19.1. The number of aromatic carboxylic acids is 1. The number of likely N-dealkylation sites (N-methyl/N-ethyl adjacent to an activating group) is 1.